The summed E-state index contributed by atoms with van der Waals surface area (Å²) in [6, 6.07) is 13.5. The fourth-order valence-electron chi connectivity index (χ4n) is 2.55. The number of carbonyl (C=O) groups is 1. The Kier molecular flexibility index (Phi) is 3.96. The first-order chi connectivity index (χ1) is 11.0. The third-order valence-corrected chi connectivity index (χ3v) is 4.10. The molecule has 0 amide bonds. The Hall–Kier alpha value is -2.54. The highest BCUT2D eigenvalue weighted by molar-refractivity contribution is 9.10. The standard InChI is InChI=1S/C16H12BrN3O3/c1-10-18-15(17)16(20(22)23)19(10)14(21)9-11-6-7-12-4-2-3-5-13(12)8-11/h2-8H,9H2,1H3. The number of halogens is 1. The topological polar surface area (TPSA) is 78.0 Å². The van der Waals surface area contributed by atoms with Gasteiger partial charge in [0.2, 0.25) is 10.4 Å². The van der Waals surface area contributed by atoms with Gasteiger partial charge in [0.1, 0.15) is 0 Å². The molecule has 0 fully saturated rings. The van der Waals surface area contributed by atoms with Crippen LogP contribution in [-0.4, -0.2) is 20.4 Å². The molecule has 0 radical (unpaired) electrons. The van der Waals surface area contributed by atoms with Crippen molar-refractivity contribution in [1.82, 2.24) is 9.55 Å². The summed E-state index contributed by atoms with van der Waals surface area (Å²) >= 11 is 3.03. The average molecular weight is 374 g/mol. The van der Waals surface area contributed by atoms with Crippen LogP contribution in [0, 0.1) is 17.0 Å². The van der Waals surface area contributed by atoms with Crippen molar-refractivity contribution < 1.29 is 9.72 Å². The number of aryl methyl sites for hydroxylation is 1. The van der Waals surface area contributed by atoms with Gasteiger partial charge < -0.3 is 10.1 Å². The van der Waals surface area contributed by atoms with Crippen LogP contribution >= 0.6 is 15.9 Å². The molecule has 6 nitrogen and oxygen atoms in total. The van der Waals surface area contributed by atoms with Gasteiger partial charge in [-0.2, -0.15) is 4.98 Å². The van der Waals surface area contributed by atoms with E-state index in [1.807, 2.05) is 42.5 Å². The molecule has 1 heterocycles. The molecule has 116 valence electrons. The summed E-state index contributed by atoms with van der Waals surface area (Å²) in [5, 5.41) is 13.3. The van der Waals surface area contributed by atoms with Gasteiger partial charge in [-0.3, -0.25) is 0 Å². The number of nitrogens with zero attached hydrogens (tertiary/aromatic N) is 3. The van der Waals surface area contributed by atoms with Gasteiger partial charge in [-0.05, 0) is 37.2 Å². The van der Waals surface area contributed by atoms with Gasteiger partial charge in [-0.1, -0.05) is 42.5 Å². The smallest absolute Gasteiger partial charge is 0.358 e. The Morgan fingerprint density at radius 2 is 1.96 bits per heavy atom. The van der Waals surface area contributed by atoms with Gasteiger partial charge >= 0.3 is 11.7 Å². The third-order valence-electron chi connectivity index (χ3n) is 3.57. The van der Waals surface area contributed by atoms with Crippen LogP contribution in [0.4, 0.5) is 5.82 Å². The summed E-state index contributed by atoms with van der Waals surface area (Å²) in [6.07, 6.45) is 0.0648. The van der Waals surface area contributed by atoms with Crippen LogP contribution in [0.15, 0.2) is 47.1 Å². The first-order valence-corrected chi connectivity index (χ1v) is 7.67. The molecule has 0 unspecified atom stereocenters. The highest BCUT2D eigenvalue weighted by Crippen LogP contribution is 2.26. The fourth-order valence-corrected chi connectivity index (χ4v) is 3.12. The van der Waals surface area contributed by atoms with Gasteiger partial charge in [0, 0.05) is 6.92 Å². The molecule has 0 aliphatic carbocycles. The zero-order chi connectivity index (χ0) is 16.6. The van der Waals surface area contributed by atoms with Crippen molar-refractivity contribution in [2.24, 2.45) is 0 Å². The molecule has 1 aromatic heterocycles. The van der Waals surface area contributed by atoms with Crippen LogP contribution in [0.25, 0.3) is 10.8 Å². The van der Waals surface area contributed by atoms with Gasteiger partial charge in [-0.15, -0.1) is 4.57 Å². The van der Waals surface area contributed by atoms with Crippen molar-refractivity contribution in [1.29, 1.82) is 0 Å². The Bertz CT molecular complexity index is 933. The first-order valence-electron chi connectivity index (χ1n) is 6.87. The minimum Gasteiger partial charge on any atom is -0.358 e. The average Bonchev–Trinajstić information content (AvgIpc) is 2.81. The molecule has 0 atom stereocenters. The van der Waals surface area contributed by atoms with E-state index in [2.05, 4.69) is 20.9 Å². The van der Waals surface area contributed by atoms with Crippen molar-refractivity contribution in [2.75, 3.05) is 0 Å². The molecule has 0 bridgehead atoms. The maximum absolute atomic E-state index is 12.5. The molecule has 0 aliphatic heterocycles. The van der Waals surface area contributed by atoms with E-state index in [0.717, 1.165) is 20.9 Å². The number of rotatable bonds is 3. The molecular weight excluding hydrogens is 362 g/mol. The lowest BCUT2D eigenvalue weighted by Crippen LogP contribution is -2.17. The Balaban J connectivity index is 1.96. The first kappa shape index (κ1) is 15.4. The maximum Gasteiger partial charge on any atom is 0.365 e. The second kappa shape index (κ2) is 5.92. The van der Waals surface area contributed by atoms with Crippen molar-refractivity contribution in [3.8, 4) is 0 Å². The lowest BCUT2D eigenvalue weighted by atomic mass is 10.0. The van der Waals surface area contributed by atoms with Crippen LogP contribution in [0.5, 0.6) is 0 Å². The molecular formula is C16H12BrN3O3. The Labute approximate surface area is 140 Å². The van der Waals surface area contributed by atoms with Crippen LogP contribution < -0.4 is 0 Å². The summed E-state index contributed by atoms with van der Waals surface area (Å²) in [5.41, 5.74) is 0.798. The van der Waals surface area contributed by atoms with Crippen LogP contribution in [0.3, 0.4) is 0 Å². The highest BCUT2D eigenvalue weighted by Gasteiger charge is 2.29. The van der Waals surface area contributed by atoms with E-state index in [-0.39, 0.29) is 28.6 Å². The monoisotopic (exact) mass is 373 g/mol. The number of carbonyl (C=O) groups excluding carboxylic acids is 1. The number of hydrogen-bond acceptors (Lipinski definition) is 4. The van der Waals surface area contributed by atoms with Crippen molar-refractivity contribution >= 4 is 38.4 Å². The zero-order valence-electron chi connectivity index (χ0n) is 12.2. The molecule has 3 aromatic rings. The van der Waals surface area contributed by atoms with Crippen molar-refractivity contribution in [2.45, 2.75) is 13.3 Å². The lowest BCUT2D eigenvalue weighted by molar-refractivity contribution is -0.391. The molecule has 0 saturated heterocycles. The van der Waals surface area contributed by atoms with Gasteiger partial charge in [0.05, 0.1) is 6.42 Å². The maximum atomic E-state index is 12.5. The Morgan fingerprint density at radius 1 is 1.26 bits per heavy atom. The van der Waals surface area contributed by atoms with E-state index in [0.29, 0.717) is 0 Å². The van der Waals surface area contributed by atoms with Crippen LogP contribution in [0.2, 0.25) is 0 Å². The zero-order valence-corrected chi connectivity index (χ0v) is 13.8. The number of imidazole rings is 1. The highest BCUT2D eigenvalue weighted by atomic mass is 79.9. The fraction of sp³-hybridized carbons (Fsp3) is 0.125. The molecule has 2 aromatic carbocycles. The van der Waals surface area contributed by atoms with Gasteiger partial charge in [0.15, 0.2) is 0 Å². The number of fused-ring (bicyclic) bond motifs is 1. The van der Waals surface area contributed by atoms with Gasteiger partial charge in [-0.25, -0.2) is 4.79 Å². The van der Waals surface area contributed by atoms with E-state index >= 15 is 0 Å². The van der Waals surface area contributed by atoms with Gasteiger partial charge in [0.25, 0.3) is 0 Å². The second-order valence-corrected chi connectivity index (χ2v) is 5.87. The number of benzene rings is 2. The molecule has 0 N–H and O–H groups in total. The third kappa shape index (κ3) is 2.87. The van der Waals surface area contributed by atoms with Crippen LogP contribution in [0.1, 0.15) is 16.2 Å². The largest absolute Gasteiger partial charge is 0.365 e. The minimum absolute atomic E-state index is 0.0619. The van der Waals surface area contributed by atoms with E-state index in [9.17, 15) is 14.9 Å². The minimum atomic E-state index is -0.609. The molecule has 0 aliphatic rings. The summed E-state index contributed by atoms with van der Waals surface area (Å²) < 4.78 is 1.10. The molecule has 7 heteroatoms. The number of aromatic nitrogens is 2. The number of hydrogen-bond donors (Lipinski definition) is 0. The van der Waals surface area contributed by atoms with E-state index in [1.165, 1.54) is 0 Å². The molecule has 23 heavy (non-hydrogen) atoms. The second-order valence-electron chi connectivity index (χ2n) is 5.12. The van der Waals surface area contributed by atoms with Crippen molar-refractivity contribution in [3.63, 3.8) is 0 Å². The number of nitro groups is 1. The van der Waals surface area contributed by atoms with Crippen LogP contribution in [-0.2, 0) is 6.42 Å². The summed E-state index contributed by atoms with van der Waals surface area (Å²) in [5.74, 6) is -0.440. The predicted octanol–water partition coefficient (Wildman–Crippen LogP) is 3.90. The Morgan fingerprint density at radius 3 is 2.65 bits per heavy atom. The van der Waals surface area contributed by atoms with E-state index < -0.39 is 4.92 Å². The SMILES string of the molecule is Cc1nc(Br)c([N+](=O)[O-])n1C(=O)Cc1ccc2ccccc2c1. The normalized spacial score (nSPS) is 10.9. The molecule has 3 rings (SSSR count). The van der Waals surface area contributed by atoms with E-state index in [4.69, 9.17) is 0 Å². The summed E-state index contributed by atoms with van der Waals surface area (Å²) in [6.45, 7) is 1.57. The summed E-state index contributed by atoms with van der Waals surface area (Å²) in [4.78, 5) is 27.0. The van der Waals surface area contributed by atoms with E-state index in [1.54, 1.807) is 6.92 Å². The summed E-state index contributed by atoms with van der Waals surface area (Å²) in [7, 11) is 0. The van der Waals surface area contributed by atoms with Crippen molar-refractivity contribution in [3.05, 3.63) is 68.6 Å². The predicted molar refractivity (Wildman–Crippen MR) is 89.6 cm³/mol. The quantitative estimate of drug-likeness (QED) is 0.515. The molecule has 0 saturated carbocycles. The lowest BCUT2D eigenvalue weighted by Gasteiger charge is -2.04. The molecule has 0 spiro atoms.